The second kappa shape index (κ2) is 3.77. The lowest BCUT2D eigenvalue weighted by atomic mass is 10.1. The molecule has 0 aliphatic carbocycles. The zero-order valence-corrected chi connectivity index (χ0v) is 9.55. The Balaban J connectivity index is 2.78. The van der Waals surface area contributed by atoms with E-state index in [-0.39, 0.29) is 11.4 Å². The van der Waals surface area contributed by atoms with Gasteiger partial charge in [0.1, 0.15) is 0 Å². The summed E-state index contributed by atoms with van der Waals surface area (Å²) in [4.78, 5) is 0. The minimum Gasteiger partial charge on any atom is -0.346 e. The molecule has 1 unspecified atom stereocenters. The standard InChI is InChI=1S/C12H13F3N2/c1-7(16)11-6-8-9(12(13,14)15)4-3-5-10(8)17(11)2/h3-7H,16H2,1-2H3. The first-order valence-corrected chi connectivity index (χ1v) is 5.23. The molecule has 0 aliphatic heterocycles. The maximum Gasteiger partial charge on any atom is 0.417 e. The number of alkyl halides is 3. The van der Waals surface area contributed by atoms with Crippen molar-refractivity contribution in [2.45, 2.75) is 19.1 Å². The molecule has 1 atom stereocenters. The molecule has 2 nitrogen and oxygen atoms in total. The normalized spacial score (nSPS) is 14.2. The number of aryl methyl sites for hydroxylation is 1. The largest absolute Gasteiger partial charge is 0.417 e. The first-order chi connectivity index (χ1) is 7.82. The Kier molecular flexibility index (Phi) is 2.66. The smallest absolute Gasteiger partial charge is 0.346 e. The number of aromatic nitrogens is 1. The molecule has 2 N–H and O–H groups in total. The van der Waals surface area contributed by atoms with Crippen LogP contribution < -0.4 is 5.73 Å². The first-order valence-electron chi connectivity index (χ1n) is 5.23. The highest BCUT2D eigenvalue weighted by Gasteiger charge is 2.33. The summed E-state index contributed by atoms with van der Waals surface area (Å²) >= 11 is 0. The molecule has 0 saturated heterocycles. The number of nitrogens with two attached hydrogens (primary N) is 1. The monoisotopic (exact) mass is 242 g/mol. The van der Waals surface area contributed by atoms with Gasteiger partial charge in [-0.3, -0.25) is 0 Å². The van der Waals surface area contributed by atoms with Gasteiger partial charge in [-0.05, 0) is 25.1 Å². The molecule has 0 spiro atoms. The number of rotatable bonds is 1. The Morgan fingerprint density at radius 3 is 2.47 bits per heavy atom. The van der Waals surface area contributed by atoms with Gasteiger partial charge in [-0.2, -0.15) is 13.2 Å². The van der Waals surface area contributed by atoms with Crippen molar-refractivity contribution in [1.82, 2.24) is 4.57 Å². The Hall–Kier alpha value is -1.49. The fourth-order valence-corrected chi connectivity index (χ4v) is 2.07. The van der Waals surface area contributed by atoms with E-state index in [9.17, 15) is 13.2 Å². The molecule has 0 amide bonds. The number of halogens is 3. The lowest BCUT2D eigenvalue weighted by Gasteiger charge is -2.08. The molecule has 1 heterocycles. The van der Waals surface area contributed by atoms with E-state index in [2.05, 4.69) is 0 Å². The van der Waals surface area contributed by atoms with Crippen LogP contribution in [-0.2, 0) is 13.2 Å². The molecule has 5 heteroatoms. The van der Waals surface area contributed by atoms with Crippen molar-refractivity contribution < 1.29 is 13.2 Å². The van der Waals surface area contributed by atoms with Crippen LogP contribution in [0.4, 0.5) is 13.2 Å². The van der Waals surface area contributed by atoms with Crippen LogP contribution in [0.25, 0.3) is 10.9 Å². The van der Waals surface area contributed by atoms with Gasteiger partial charge in [0.05, 0.1) is 5.56 Å². The molecule has 0 bridgehead atoms. The van der Waals surface area contributed by atoms with Crippen LogP contribution in [-0.4, -0.2) is 4.57 Å². The molecule has 17 heavy (non-hydrogen) atoms. The number of fused-ring (bicyclic) bond motifs is 1. The minimum atomic E-state index is -4.34. The molecule has 1 aromatic carbocycles. The van der Waals surface area contributed by atoms with Gasteiger partial charge in [0.15, 0.2) is 0 Å². The van der Waals surface area contributed by atoms with Crippen molar-refractivity contribution in [1.29, 1.82) is 0 Å². The minimum absolute atomic E-state index is 0.204. The summed E-state index contributed by atoms with van der Waals surface area (Å²) in [6.07, 6.45) is -4.34. The van der Waals surface area contributed by atoms with Crippen LogP contribution in [0.1, 0.15) is 24.2 Å². The number of nitrogens with zero attached hydrogens (tertiary/aromatic N) is 1. The zero-order chi connectivity index (χ0) is 12.8. The molecule has 0 radical (unpaired) electrons. The third kappa shape index (κ3) is 1.91. The van der Waals surface area contributed by atoms with Crippen molar-refractivity contribution in [2.75, 3.05) is 0 Å². The molecule has 0 saturated carbocycles. The number of benzene rings is 1. The summed E-state index contributed by atoms with van der Waals surface area (Å²) < 4.78 is 40.2. The topological polar surface area (TPSA) is 30.9 Å². The quantitative estimate of drug-likeness (QED) is 0.817. The van der Waals surface area contributed by atoms with Crippen LogP contribution in [0.3, 0.4) is 0 Å². The summed E-state index contributed by atoms with van der Waals surface area (Å²) in [5.41, 5.74) is 6.36. The Labute approximate surface area is 96.8 Å². The van der Waals surface area contributed by atoms with Gasteiger partial charge < -0.3 is 10.3 Å². The summed E-state index contributed by atoms with van der Waals surface area (Å²) in [6, 6.07) is 5.39. The summed E-state index contributed by atoms with van der Waals surface area (Å²) in [6.45, 7) is 1.75. The van der Waals surface area contributed by atoms with E-state index in [0.29, 0.717) is 11.2 Å². The molecule has 0 fully saturated rings. The van der Waals surface area contributed by atoms with E-state index in [1.54, 1.807) is 24.6 Å². The average Bonchev–Trinajstić information content (AvgIpc) is 2.55. The molecular weight excluding hydrogens is 229 g/mol. The molecule has 1 aromatic heterocycles. The Morgan fingerprint density at radius 2 is 1.94 bits per heavy atom. The maximum atomic E-state index is 12.8. The number of hydrogen-bond donors (Lipinski definition) is 1. The highest BCUT2D eigenvalue weighted by molar-refractivity contribution is 5.85. The van der Waals surface area contributed by atoms with Gasteiger partial charge in [0.2, 0.25) is 0 Å². The lowest BCUT2D eigenvalue weighted by molar-refractivity contribution is -0.136. The van der Waals surface area contributed by atoms with Gasteiger partial charge in [0.25, 0.3) is 0 Å². The van der Waals surface area contributed by atoms with Crippen molar-refractivity contribution >= 4 is 10.9 Å². The van der Waals surface area contributed by atoms with E-state index in [4.69, 9.17) is 5.73 Å². The fraction of sp³-hybridized carbons (Fsp3) is 0.333. The SMILES string of the molecule is CC(N)c1cc2c(C(F)(F)F)cccc2n1C. The van der Waals surface area contributed by atoms with E-state index in [0.717, 1.165) is 6.07 Å². The number of hydrogen-bond acceptors (Lipinski definition) is 1. The van der Waals surface area contributed by atoms with Gasteiger partial charge in [0, 0.05) is 29.7 Å². The van der Waals surface area contributed by atoms with E-state index >= 15 is 0 Å². The second-order valence-corrected chi connectivity index (χ2v) is 4.15. The molecule has 0 aliphatic rings. The average molecular weight is 242 g/mol. The first kappa shape index (κ1) is 12.0. The van der Waals surface area contributed by atoms with Crippen molar-refractivity contribution in [2.24, 2.45) is 12.8 Å². The molecular formula is C12H13F3N2. The van der Waals surface area contributed by atoms with Gasteiger partial charge >= 0.3 is 6.18 Å². The third-order valence-corrected chi connectivity index (χ3v) is 2.90. The Morgan fingerprint density at radius 1 is 1.29 bits per heavy atom. The predicted octanol–water partition coefficient (Wildman–Crippen LogP) is 3.22. The zero-order valence-electron chi connectivity index (χ0n) is 9.55. The van der Waals surface area contributed by atoms with Crippen LogP contribution in [0.5, 0.6) is 0 Å². The van der Waals surface area contributed by atoms with Crippen LogP contribution in [0.15, 0.2) is 24.3 Å². The highest BCUT2D eigenvalue weighted by Crippen LogP contribution is 2.36. The fourth-order valence-electron chi connectivity index (χ4n) is 2.07. The summed E-state index contributed by atoms with van der Waals surface area (Å²) in [5.74, 6) is 0. The predicted molar refractivity (Wildman–Crippen MR) is 60.5 cm³/mol. The molecule has 2 aromatic rings. The van der Waals surface area contributed by atoms with Gasteiger partial charge in [-0.15, -0.1) is 0 Å². The van der Waals surface area contributed by atoms with Crippen LogP contribution >= 0.6 is 0 Å². The van der Waals surface area contributed by atoms with Crippen molar-refractivity contribution in [3.63, 3.8) is 0 Å². The maximum absolute atomic E-state index is 12.8. The van der Waals surface area contributed by atoms with Crippen molar-refractivity contribution in [3.8, 4) is 0 Å². The van der Waals surface area contributed by atoms with E-state index in [1.807, 2.05) is 0 Å². The summed E-state index contributed by atoms with van der Waals surface area (Å²) in [5, 5.41) is 0.204. The van der Waals surface area contributed by atoms with Crippen LogP contribution in [0.2, 0.25) is 0 Å². The van der Waals surface area contributed by atoms with Crippen molar-refractivity contribution in [3.05, 3.63) is 35.5 Å². The van der Waals surface area contributed by atoms with Gasteiger partial charge in [-0.1, -0.05) is 6.07 Å². The second-order valence-electron chi connectivity index (χ2n) is 4.15. The van der Waals surface area contributed by atoms with E-state index in [1.165, 1.54) is 12.1 Å². The summed E-state index contributed by atoms with van der Waals surface area (Å²) in [7, 11) is 1.72. The molecule has 2 rings (SSSR count). The lowest BCUT2D eigenvalue weighted by Crippen LogP contribution is -2.09. The third-order valence-electron chi connectivity index (χ3n) is 2.90. The van der Waals surface area contributed by atoms with Crippen LogP contribution in [0, 0.1) is 0 Å². The van der Waals surface area contributed by atoms with Gasteiger partial charge in [-0.25, -0.2) is 0 Å². The Bertz CT molecular complexity index is 553. The highest BCUT2D eigenvalue weighted by atomic mass is 19.4. The molecule has 92 valence electrons. The van der Waals surface area contributed by atoms with E-state index < -0.39 is 11.7 Å².